The van der Waals surface area contributed by atoms with E-state index in [1.54, 1.807) is 22.5 Å². The number of aryl methyl sites for hydroxylation is 2. The van der Waals surface area contributed by atoms with Crippen molar-refractivity contribution in [2.75, 3.05) is 25.0 Å². The molecule has 1 aliphatic rings. The van der Waals surface area contributed by atoms with E-state index in [0.717, 1.165) is 23.6 Å². The molecule has 0 unspecified atom stereocenters. The second-order valence-corrected chi connectivity index (χ2v) is 11.5. The van der Waals surface area contributed by atoms with Crippen molar-refractivity contribution in [3.05, 3.63) is 60.2 Å². The van der Waals surface area contributed by atoms with Gasteiger partial charge in [0.05, 0.1) is 47.1 Å². The van der Waals surface area contributed by atoms with Gasteiger partial charge in [-0.25, -0.2) is 28.1 Å². The van der Waals surface area contributed by atoms with Crippen LogP contribution < -0.4 is 10.6 Å². The number of hydrogen-bond acceptors (Lipinski definition) is 10. The lowest BCUT2D eigenvalue weighted by atomic mass is 10.1. The number of pyridine rings is 1. The molecular formula is C26H31N11O2S. The van der Waals surface area contributed by atoms with Crippen LogP contribution in [0.25, 0.3) is 16.9 Å². The predicted octanol–water partition coefficient (Wildman–Crippen LogP) is 2.01. The Morgan fingerprint density at radius 3 is 2.60 bits per heavy atom. The van der Waals surface area contributed by atoms with Gasteiger partial charge in [-0.3, -0.25) is 4.98 Å². The maximum atomic E-state index is 12.9. The Bertz CT molecular complexity index is 1650. The van der Waals surface area contributed by atoms with Crippen molar-refractivity contribution in [3.8, 4) is 23.0 Å². The standard InChI is InChI=1S/C26H31N11O2S/c1-4-28-14-22-5-6-23(18(2)32-22)37-15-20(13-31-37)25-19(11-27)12-29-26(34-25)33-21-7-9-36(10-8-21)40(38,39)24-16-35(3)17-30-24/h5-6,12-13,15-17,21,28H,4,7-10,14H2,1-3H3,(H,29,33,34). The molecule has 5 heterocycles. The molecule has 1 fully saturated rings. The molecule has 0 saturated carbocycles. The van der Waals surface area contributed by atoms with E-state index in [-0.39, 0.29) is 11.1 Å². The highest BCUT2D eigenvalue weighted by Gasteiger charge is 2.31. The van der Waals surface area contributed by atoms with Gasteiger partial charge in [0.25, 0.3) is 10.0 Å². The summed E-state index contributed by atoms with van der Waals surface area (Å²) < 4.78 is 30.6. The monoisotopic (exact) mass is 561 g/mol. The number of nitrogens with one attached hydrogen (secondary N) is 2. The van der Waals surface area contributed by atoms with Crippen molar-refractivity contribution in [2.45, 2.75) is 44.3 Å². The number of rotatable bonds is 9. The Labute approximate surface area is 233 Å². The summed E-state index contributed by atoms with van der Waals surface area (Å²) in [4.78, 5) is 17.6. The van der Waals surface area contributed by atoms with E-state index < -0.39 is 10.0 Å². The average molecular weight is 562 g/mol. The third-order valence-corrected chi connectivity index (χ3v) is 8.54. The van der Waals surface area contributed by atoms with Crippen LogP contribution in [0.4, 0.5) is 5.95 Å². The quantitative estimate of drug-likeness (QED) is 0.309. The van der Waals surface area contributed by atoms with Gasteiger partial charge in [-0.05, 0) is 38.4 Å². The molecule has 40 heavy (non-hydrogen) atoms. The molecule has 4 aromatic rings. The largest absolute Gasteiger partial charge is 0.351 e. The molecule has 2 N–H and O–H groups in total. The fraction of sp³-hybridized carbons (Fsp3) is 0.385. The van der Waals surface area contributed by atoms with E-state index in [2.05, 4.69) is 48.7 Å². The van der Waals surface area contributed by atoms with Gasteiger partial charge in [-0.2, -0.15) is 14.7 Å². The zero-order chi connectivity index (χ0) is 28.3. The van der Waals surface area contributed by atoms with Gasteiger partial charge in [0, 0.05) is 50.7 Å². The van der Waals surface area contributed by atoms with E-state index in [0.29, 0.717) is 55.2 Å². The minimum atomic E-state index is -3.63. The molecule has 4 aromatic heterocycles. The summed E-state index contributed by atoms with van der Waals surface area (Å²) in [5, 5.41) is 20.8. The van der Waals surface area contributed by atoms with Gasteiger partial charge < -0.3 is 15.2 Å². The number of aromatic nitrogens is 7. The molecule has 0 radical (unpaired) electrons. The fourth-order valence-corrected chi connectivity index (χ4v) is 6.04. The second-order valence-electron chi connectivity index (χ2n) is 9.63. The van der Waals surface area contributed by atoms with Crippen LogP contribution in [0.3, 0.4) is 0 Å². The zero-order valence-electron chi connectivity index (χ0n) is 22.6. The van der Waals surface area contributed by atoms with E-state index in [4.69, 9.17) is 0 Å². The molecule has 0 aromatic carbocycles. The van der Waals surface area contributed by atoms with Crippen molar-refractivity contribution in [2.24, 2.45) is 7.05 Å². The van der Waals surface area contributed by atoms with Crippen LogP contribution in [-0.4, -0.2) is 72.7 Å². The maximum Gasteiger partial charge on any atom is 0.262 e. The maximum absolute atomic E-state index is 12.9. The van der Waals surface area contributed by atoms with Crippen LogP contribution >= 0.6 is 0 Å². The molecule has 1 saturated heterocycles. The topological polar surface area (TPSA) is 160 Å². The van der Waals surface area contributed by atoms with E-state index in [1.807, 2.05) is 25.3 Å². The minimum absolute atomic E-state index is 0.0203. The Morgan fingerprint density at radius 2 is 1.93 bits per heavy atom. The highest BCUT2D eigenvalue weighted by Crippen LogP contribution is 2.25. The smallest absolute Gasteiger partial charge is 0.262 e. The number of imidazole rings is 1. The molecule has 0 bridgehead atoms. The fourth-order valence-electron chi connectivity index (χ4n) is 4.61. The summed E-state index contributed by atoms with van der Waals surface area (Å²) >= 11 is 0. The lowest BCUT2D eigenvalue weighted by Gasteiger charge is -2.31. The normalized spacial score (nSPS) is 14.8. The number of piperidine rings is 1. The van der Waals surface area contributed by atoms with Crippen LogP contribution in [0.15, 0.2) is 48.3 Å². The third-order valence-electron chi connectivity index (χ3n) is 6.76. The first-order chi connectivity index (χ1) is 19.3. The van der Waals surface area contributed by atoms with Crippen LogP contribution in [0.1, 0.15) is 36.7 Å². The first-order valence-electron chi connectivity index (χ1n) is 13.0. The van der Waals surface area contributed by atoms with Gasteiger partial charge in [0.2, 0.25) is 5.95 Å². The number of sulfonamides is 1. The Hall–Kier alpha value is -4.19. The van der Waals surface area contributed by atoms with Crippen molar-refractivity contribution < 1.29 is 8.42 Å². The molecule has 1 aliphatic heterocycles. The highest BCUT2D eigenvalue weighted by molar-refractivity contribution is 7.89. The van der Waals surface area contributed by atoms with Gasteiger partial charge in [0.1, 0.15) is 6.07 Å². The van der Waals surface area contributed by atoms with Crippen molar-refractivity contribution in [1.29, 1.82) is 5.26 Å². The molecule has 208 valence electrons. The molecule has 5 rings (SSSR count). The summed E-state index contributed by atoms with van der Waals surface area (Å²) in [6.45, 7) is 6.27. The van der Waals surface area contributed by atoms with Crippen LogP contribution in [0.2, 0.25) is 0 Å². The van der Waals surface area contributed by atoms with Gasteiger partial charge in [-0.1, -0.05) is 6.92 Å². The first kappa shape index (κ1) is 27.4. The van der Waals surface area contributed by atoms with Gasteiger partial charge in [0.15, 0.2) is 5.03 Å². The average Bonchev–Trinajstić information content (AvgIpc) is 3.62. The molecule has 0 aliphatic carbocycles. The number of nitriles is 1. The Morgan fingerprint density at radius 1 is 1.12 bits per heavy atom. The summed E-state index contributed by atoms with van der Waals surface area (Å²) in [6, 6.07) is 6.08. The highest BCUT2D eigenvalue weighted by atomic mass is 32.2. The number of hydrogen-bond donors (Lipinski definition) is 2. The van der Waals surface area contributed by atoms with E-state index in [1.165, 1.54) is 23.0 Å². The second kappa shape index (κ2) is 11.5. The Balaban J connectivity index is 1.29. The lowest BCUT2D eigenvalue weighted by molar-refractivity contribution is 0.328. The number of anilines is 1. The van der Waals surface area contributed by atoms with Gasteiger partial charge >= 0.3 is 0 Å². The molecule has 14 heteroatoms. The summed E-state index contributed by atoms with van der Waals surface area (Å²) in [5.74, 6) is 0.374. The summed E-state index contributed by atoms with van der Waals surface area (Å²) in [6.07, 6.45) is 9.13. The minimum Gasteiger partial charge on any atom is -0.351 e. The molecular weight excluding hydrogens is 530 g/mol. The van der Waals surface area contributed by atoms with Crippen LogP contribution in [0, 0.1) is 18.3 Å². The molecule has 0 atom stereocenters. The SMILES string of the molecule is CCNCc1ccc(-n2cc(-c3nc(NC4CCN(S(=O)(=O)c5cn(C)cn5)CC4)ncc3C#N)cn2)c(C)n1. The Kier molecular flexibility index (Phi) is 7.88. The lowest BCUT2D eigenvalue weighted by Crippen LogP contribution is -2.42. The number of nitrogens with zero attached hydrogens (tertiary/aromatic N) is 9. The summed E-state index contributed by atoms with van der Waals surface area (Å²) in [7, 11) is -1.89. The van der Waals surface area contributed by atoms with Crippen molar-refractivity contribution >= 4 is 16.0 Å². The van der Waals surface area contributed by atoms with E-state index in [9.17, 15) is 13.7 Å². The molecule has 0 spiro atoms. The molecule has 13 nitrogen and oxygen atoms in total. The zero-order valence-corrected chi connectivity index (χ0v) is 23.4. The van der Waals surface area contributed by atoms with Crippen LogP contribution in [0.5, 0.6) is 0 Å². The first-order valence-corrected chi connectivity index (χ1v) is 14.5. The summed E-state index contributed by atoms with van der Waals surface area (Å²) in [5.41, 5.74) is 4.10. The van der Waals surface area contributed by atoms with E-state index >= 15 is 0 Å². The molecule has 0 amide bonds. The third kappa shape index (κ3) is 5.71. The van der Waals surface area contributed by atoms with Crippen molar-refractivity contribution in [3.63, 3.8) is 0 Å². The van der Waals surface area contributed by atoms with Crippen LogP contribution in [-0.2, 0) is 23.6 Å². The van der Waals surface area contributed by atoms with Crippen molar-refractivity contribution in [1.82, 2.24) is 43.9 Å². The predicted molar refractivity (Wildman–Crippen MR) is 148 cm³/mol. The van der Waals surface area contributed by atoms with Gasteiger partial charge in [-0.15, -0.1) is 0 Å².